The van der Waals surface area contributed by atoms with Crippen LogP contribution in [0.3, 0.4) is 0 Å². The van der Waals surface area contributed by atoms with Gasteiger partial charge in [0.15, 0.2) is 0 Å². The molecular weight excluding hydrogens is 329 g/mol. The molecule has 0 radical (unpaired) electrons. The minimum atomic E-state index is -5.08. The zero-order valence-electron chi connectivity index (χ0n) is 12.9. The van der Waals surface area contributed by atoms with Gasteiger partial charge in [0.25, 0.3) is 0 Å². The minimum Gasteiger partial charge on any atom is -0.475 e. The highest BCUT2D eigenvalue weighted by molar-refractivity contribution is 5.77. The quantitative estimate of drug-likeness (QED) is 0.863. The molecule has 0 unspecified atom stereocenters. The summed E-state index contributed by atoms with van der Waals surface area (Å²) in [7, 11) is 0. The monoisotopic (exact) mass is 348 g/mol. The molecule has 1 saturated heterocycles. The van der Waals surface area contributed by atoms with Crippen molar-refractivity contribution in [2.24, 2.45) is 0 Å². The molecule has 0 saturated carbocycles. The Hall–Kier alpha value is -2.16. The van der Waals surface area contributed by atoms with E-state index >= 15 is 0 Å². The van der Waals surface area contributed by atoms with E-state index in [1.54, 1.807) is 12.4 Å². The fraction of sp³-hybridized carbons (Fsp3) is 0.533. The Kier molecular flexibility index (Phi) is 7.63. The predicted molar refractivity (Wildman–Crippen MR) is 78.1 cm³/mol. The van der Waals surface area contributed by atoms with Crippen LogP contribution < -0.4 is 0 Å². The number of carboxylic acid groups (broad SMARTS) is 1. The summed E-state index contributed by atoms with van der Waals surface area (Å²) in [5, 5.41) is 16.3. The summed E-state index contributed by atoms with van der Waals surface area (Å²) in [5.74, 6) is -2.61. The van der Waals surface area contributed by atoms with E-state index in [4.69, 9.17) is 15.0 Å². The number of nitrogens with zero attached hydrogens (tertiary/aromatic N) is 2. The summed E-state index contributed by atoms with van der Waals surface area (Å²) >= 11 is 0. The number of alkyl halides is 3. The zero-order chi connectivity index (χ0) is 18.2. The van der Waals surface area contributed by atoms with E-state index in [1.165, 1.54) is 0 Å². The lowest BCUT2D eigenvalue weighted by molar-refractivity contribution is -0.192. The molecule has 2 heterocycles. The van der Waals surface area contributed by atoms with Gasteiger partial charge in [-0.2, -0.15) is 13.2 Å². The van der Waals surface area contributed by atoms with Gasteiger partial charge in [-0.15, -0.1) is 0 Å². The molecule has 1 amide bonds. The largest absolute Gasteiger partial charge is 0.490 e. The van der Waals surface area contributed by atoms with E-state index in [-0.39, 0.29) is 18.6 Å². The van der Waals surface area contributed by atoms with Crippen LogP contribution in [0.1, 0.15) is 24.8 Å². The van der Waals surface area contributed by atoms with Crippen LogP contribution in [0.15, 0.2) is 24.5 Å². The van der Waals surface area contributed by atoms with Crippen molar-refractivity contribution >= 4 is 11.9 Å². The highest BCUT2D eigenvalue weighted by atomic mass is 19.4. The smallest absolute Gasteiger partial charge is 0.475 e. The van der Waals surface area contributed by atoms with Crippen LogP contribution in [0.4, 0.5) is 13.2 Å². The zero-order valence-corrected chi connectivity index (χ0v) is 12.9. The molecule has 1 fully saturated rings. The van der Waals surface area contributed by atoms with E-state index in [0.29, 0.717) is 6.42 Å². The topological polar surface area (TPSA) is 90.7 Å². The van der Waals surface area contributed by atoms with Gasteiger partial charge in [0.1, 0.15) is 0 Å². The van der Waals surface area contributed by atoms with Crippen molar-refractivity contribution in [1.29, 1.82) is 0 Å². The summed E-state index contributed by atoms with van der Waals surface area (Å²) < 4.78 is 31.7. The third kappa shape index (κ3) is 6.53. The number of aliphatic hydroxyl groups excluding tert-OH is 1. The average Bonchev–Trinajstić information content (AvgIpc) is 3.02. The number of halogens is 3. The third-order valence-corrected chi connectivity index (χ3v) is 3.53. The molecule has 1 aromatic rings. The number of aryl methyl sites for hydroxylation is 1. The van der Waals surface area contributed by atoms with Gasteiger partial charge in [0.2, 0.25) is 5.91 Å². The normalized spacial score (nSPS) is 17.2. The molecular formula is C15H19F3N2O4. The number of aliphatic carboxylic acids is 1. The van der Waals surface area contributed by atoms with Crippen LogP contribution in [0.25, 0.3) is 0 Å². The summed E-state index contributed by atoms with van der Waals surface area (Å²) in [6, 6.07) is 3.90. The van der Waals surface area contributed by atoms with Crippen molar-refractivity contribution in [3.05, 3.63) is 30.1 Å². The van der Waals surface area contributed by atoms with Gasteiger partial charge in [-0.25, -0.2) is 4.79 Å². The number of carbonyl (C=O) groups excluding carboxylic acids is 1. The van der Waals surface area contributed by atoms with Crippen LogP contribution in [0.5, 0.6) is 0 Å². The Balaban J connectivity index is 0.000000351. The van der Waals surface area contributed by atoms with Gasteiger partial charge in [-0.3, -0.25) is 9.78 Å². The summed E-state index contributed by atoms with van der Waals surface area (Å²) in [5.41, 5.74) is 1.13. The van der Waals surface area contributed by atoms with E-state index < -0.39 is 12.1 Å². The summed E-state index contributed by atoms with van der Waals surface area (Å²) in [6.07, 6.45) is 1.60. The molecule has 2 N–H and O–H groups in total. The van der Waals surface area contributed by atoms with Crippen molar-refractivity contribution in [1.82, 2.24) is 9.88 Å². The van der Waals surface area contributed by atoms with E-state index in [1.807, 2.05) is 17.0 Å². The molecule has 0 aromatic carbocycles. The molecule has 1 aliphatic rings. The second kappa shape index (κ2) is 9.21. The molecule has 134 valence electrons. The molecule has 0 bridgehead atoms. The van der Waals surface area contributed by atoms with Crippen LogP contribution >= 0.6 is 0 Å². The van der Waals surface area contributed by atoms with Crippen LogP contribution in [-0.2, 0) is 16.0 Å². The first-order valence-electron chi connectivity index (χ1n) is 7.35. The maximum absolute atomic E-state index is 12.0. The Morgan fingerprint density at radius 2 is 1.88 bits per heavy atom. The number of likely N-dealkylation sites (tertiary alicyclic amines) is 1. The van der Waals surface area contributed by atoms with Gasteiger partial charge >= 0.3 is 12.1 Å². The number of amides is 1. The van der Waals surface area contributed by atoms with Crippen LogP contribution in [0.2, 0.25) is 0 Å². The van der Waals surface area contributed by atoms with Gasteiger partial charge in [-0.1, -0.05) is 0 Å². The predicted octanol–water partition coefficient (Wildman–Crippen LogP) is 1.63. The number of hydrogen-bond donors (Lipinski definition) is 2. The SMILES string of the molecule is O=C(CCc1ccncc1)N1CCC[C@H]1CO.O=C(O)C(F)(F)F. The first-order valence-corrected chi connectivity index (χ1v) is 7.35. The third-order valence-electron chi connectivity index (χ3n) is 3.53. The lowest BCUT2D eigenvalue weighted by Gasteiger charge is -2.22. The van der Waals surface area contributed by atoms with Gasteiger partial charge < -0.3 is 15.1 Å². The van der Waals surface area contributed by atoms with Gasteiger partial charge in [0, 0.05) is 25.4 Å². The molecule has 2 rings (SSSR count). The fourth-order valence-electron chi connectivity index (χ4n) is 2.30. The van der Waals surface area contributed by atoms with E-state index in [0.717, 1.165) is 31.4 Å². The molecule has 24 heavy (non-hydrogen) atoms. The first-order chi connectivity index (χ1) is 11.3. The molecule has 1 atom stereocenters. The maximum Gasteiger partial charge on any atom is 0.490 e. The van der Waals surface area contributed by atoms with Crippen LogP contribution in [0, 0.1) is 0 Å². The molecule has 1 aromatic heterocycles. The number of carboxylic acids is 1. The molecule has 1 aliphatic heterocycles. The van der Waals surface area contributed by atoms with E-state index in [9.17, 15) is 18.0 Å². The lowest BCUT2D eigenvalue weighted by atomic mass is 10.1. The van der Waals surface area contributed by atoms with Gasteiger partial charge in [0.05, 0.1) is 12.6 Å². The highest BCUT2D eigenvalue weighted by Gasteiger charge is 2.38. The molecule has 0 aliphatic carbocycles. The second-order valence-corrected chi connectivity index (χ2v) is 5.22. The number of carbonyl (C=O) groups is 2. The van der Waals surface area contributed by atoms with Crippen molar-refractivity contribution in [2.45, 2.75) is 37.9 Å². The molecule has 0 spiro atoms. The van der Waals surface area contributed by atoms with Crippen molar-refractivity contribution in [2.75, 3.05) is 13.2 Å². The Bertz CT molecular complexity index is 537. The van der Waals surface area contributed by atoms with Crippen molar-refractivity contribution in [3.8, 4) is 0 Å². The number of hydrogen-bond acceptors (Lipinski definition) is 4. The highest BCUT2D eigenvalue weighted by Crippen LogP contribution is 2.18. The Morgan fingerprint density at radius 3 is 2.38 bits per heavy atom. The number of aliphatic hydroxyl groups is 1. The second-order valence-electron chi connectivity index (χ2n) is 5.22. The minimum absolute atomic E-state index is 0.0416. The summed E-state index contributed by atoms with van der Waals surface area (Å²) in [4.78, 5) is 26.7. The standard InChI is InChI=1S/C13H18N2O2.C2HF3O2/c16-10-12-2-1-9-15(12)13(17)4-3-11-5-7-14-8-6-11;3-2(4,5)1(6)7/h5-8,12,16H,1-4,9-10H2;(H,6,7)/t12-;/m0./s1. The maximum atomic E-state index is 12.0. The number of pyridine rings is 1. The van der Waals surface area contributed by atoms with Gasteiger partial charge in [-0.05, 0) is 37.0 Å². The molecule has 9 heteroatoms. The van der Waals surface area contributed by atoms with Crippen LogP contribution in [-0.4, -0.2) is 57.3 Å². The summed E-state index contributed by atoms with van der Waals surface area (Å²) in [6.45, 7) is 0.876. The van der Waals surface area contributed by atoms with Crippen molar-refractivity contribution in [3.63, 3.8) is 0 Å². The Labute approximate surface area is 136 Å². The fourth-order valence-corrected chi connectivity index (χ4v) is 2.30. The van der Waals surface area contributed by atoms with E-state index in [2.05, 4.69) is 4.98 Å². The molecule has 6 nitrogen and oxygen atoms in total. The van der Waals surface area contributed by atoms with Crippen molar-refractivity contribution < 1.29 is 33.0 Å². The Morgan fingerprint density at radius 1 is 1.29 bits per heavy atom. The number of rotatable bonds is 4. The number of aromatic nitrogens is 1. The first kappa shape index (κ1) is 19.9. The lowest BCUT2D eigenvalue weighted by Crippen LogP contribution is -2.37. The average molecular weight is 348 g/mol.